The average Bonchev–Trinajstić information content (AvgIpc) is 2.81. The summed E-state index contributed by atoms with van der Waals surface area (Å²) >= 11 is 0. The third-order valence-corrected chi connectivity index (χ3v) is 4.92. The van der Waals surface area contributed by atoms with Crippen LogP contribution in [0.15, 0.2) is 0 Å². The second kappa shape index (κ2) is 28.3. The van der Waals surface area contributed by atoms with Crippen LogP contribution in [0.3, 0.4) is 0 Å². The van der Waals surface area contributed by atoms with E-state index in [0.29, 0.717) is 6.42 Å². The number of rotatable bonds is 17. The average molecular weight is 550 g/mol. The smallest absolute Gasteiger partial charge is 0.790 e. The van der Waals surface area contributed by atoms with Crippen molar-refractivity contribution in [3.8, 4) is 47.4 Å². The molecule has 0 aliphatic carbocycles. The molecule has 0 aromatic rings. The second-order valence-corrected chi connectivity index (χ2v) is 8.66. The van der Waals surface area contributed by atoms with Gasteiger partial charge in [-0.25, -0.2) is 4.79 Å². The quantitative estimate of drug-likeness (QED) is 0.0460. The number of carbonyl (C=O) groups excluding carboxylic acids is 2. The number of hydrogen-bond donors (Lipinski definition) is 0. The van der Waals surface area contributed by atoms with E-state index in [-0.39, 0.29) is 65.5 Å². The Morgan fingerprint density at radius 3 is 1.84 bits per heavy atom. The monoisotopic (exact) mass is 550 g/mol. The summed E-state index contributed by atoms with van der Waals surface area (Å²) in [6.07, 6.45) is 9.91. The van der Waals surface area contributed by atoms with Gasteiger partial charge in [0.15, 0.2) is 6.10 Å². The zero-order valence-electron chi connectivity index (χ0n) is 22.5. The number of esters is 2. The summed E-state index contributed by atoms with van der Waals surface area (Å²) < 4.78 is 24.9. The third-order valence-electron chi connectivity index (χ3n) is 4.45. The van der Waals surface area contributed by atoms with Crippen LogP contribution in [0.25, 0.3) is 0 Å². The van der Waals surface area contributed by atoms with E-state index >= 15 is 0 Å². The van der Waals surface area contributed by atoms with E-state index in [9.17, 15) is 23.9 Å². The van der Waals surface area contributed by atoms with Crippen molar-refractivity contribution in [2.45, 2.75) is 90.6 Å². The molecule has 0 rings (SSSR count). The maximum Gasteiger partial charge on any atom is 1.00 e. The van der Waals surface area contributed by atoms with E-state index in [1.807, 2.05) is 0 Å². The summed E-state index contributed by atoms with van der Waals surface area (Å²) in [5.74, 6) is 17.3. The molecule has 0 aromatic carbocycles. The van der Waals surface area contributed by atoms with Gasteiger partial charge in [-0.1, -0.05) is 70.6 Å². The van der Waals surface area contributed by atoms with Crippen molar-refractivity contribution in [2.75, 3.05) is 13.2 Å². The Kier molecular flexibility index (Phi) is 31.2. The van der Waals surface area contributed by atoms with Gasteiger partial charge in [0.1, 0.15) is 6.61 Å². The topological polar surface area (TPSA) is 125 Å². The molecule has 0 N–H and O–H groups in total. The fourth-order valence-corrected chi connectivity index (χ4v) is 3.12. The first-order valence-corrected chi connectivity index (χ1v) is 13.2. The molecule has 0 aromatic heterocycles. The van der Waals surface area contributed by atoms with Crippen LogP contribution < -0.4 is 68.9 Å². The van der Waals surface area contributed by atoms with Crippen molar-refractivity contribution in [3.63, 3.8) is 0 Å². The van der Waals surface area contributed by atoms with Crippen LogP contribution in [0.2, 0.25) is 0 Å². The van der Waals surface area contributed by atoms with E-state index in [2.05, 4.69) is 58.8 Å². The Morgan fingerprint density at radius 2 is 1.30 bits per heavy atom. The molecule has 192 valence electrons. The summed E-state index contributed by atoms with van der Waals surface area (Å²) in [5.41, 5.74) is 0. The summed E-state index contributed by atoms with van der Waals surface area (Å²) in [7, 11) is -5.29. The van der Waals surface area contributed by atoms with E-state index in [1.54, 1.807) is 6.92 Å². The van der Waals surface area contributed by atoms with E-state index in [4.69, 9.17) is 9.47 Å². The normalized spacial score (nSPS) is 10.1. The van der Waals surface area contributed by atoms with Crippen LogP contribution in [0.4, 0.5) is 0 Å². The molecule has 1 atom stereocenters. The van der Waals surface area contributed by atoms with Gasteiger partial charge in [-0.2, -0.15) is 0 Å². The van der Waals surface area contributed by atoms with Gasteiger partial charge in [-0.3, -0.25) is 4.79 Å². The molecule has 8 nitrogen and oxygen atoms in total. The van der Waals surface area contributed by atoms with Gasteiger partial charge in [0.05, 0.1) is 14.4 Å². The molecule has 0 amide bonds. The Balaban J connectivity index is -0.00000578. The van der Waals surface area contributed by atoms with E-state index in [0.717, 1.165) is 19.3 Å². The first kappa shape index (κ1) is 40.8. The standard InChI is InChI=1S/C26H35O8P.2Na/c1-3-5-7-9-11-12-13-15-17-19-21-26(28)34-24(23-33-35(29,30)31)22-32-25(27)20-18-16-14-10-8-6-4-2;;/h24H,3,5,7,9,11-13,15,17,19,21-23H2,1-2H3,(H2,29,30,31);;/q;2*+1/p-2/t24-;;/m1../s1. The molecule has 0 aliphatic heterocycles. The molecule has 0 spiro atoms. The van der Waals surface area contributed by atoms with Crippen molar-refractivity contribution >= 4 is 19.8 Å². The van der Waals surface area contributed by atoms with Crippen LogP contribution in [-0.2, 0) is 28.2 Å². The summed E-state index contributed by atoms with van der Waals surface area (Å²) in [6, 6.07) is 0. The molecule has 0 saturated heterocycles. The minimum absolute atomic E-state index is 0. The van der Waals surface area contributed by atoms with E-state index < -0.39 is 39.1 Å². The molecule has 0 fully saturated rings. The van der Waals surface area contributed by atoms with Crippen LogP contribution in [0.5, 0.6) is 0 Å². The summed E-state index contributed by atoms with van der Waals surface area (Å²) in [6.45, 7) is 2.52. The van der Waals surface area contributed by atoms with Crippen LogP contribution in [0, 0.1) is 47.4 Å². The number of phosphoric ester groups is 1. The molecule has 0 radical (unpaired) electrons. The SMILES string of the molecule is CC#CC#CC#CC#CC(=O)OC[C@H](COP(=O)([O-])[O-])OC(=O)CCCCCCCCCCCC.[Na+].[Na+]. The maximum absolute atomic E-state index is 12.1. The fourth-order valence-electron chi connectivity index (χ4n) is 2.77. The fraction of sp³-hybridized carbons (Fsp3) is 0.615. The molecule has 0 saturated carbocycles. The third kappa shape index (κ3) is 31.4. The minimum atomic E-state index is -5.29. The molecule has 0 heterocycles. The van der Waals surface area contributed by atoms with Crippen molar-refractivity contribution < 1.29 is 97.1 Å². The Morgan fingerprint density at radius 1 is 0.784 bits per heavy atom. The predicted octanol–water partition coefficient (Wildman–Crippen LogP) is -3.36. The molecule has 11 heteroatoms. The van der Waals surface area contributed by atoms with Gasteiger partial charge < -0.3 is 28.3 Å². The Hall–Kier alpha value is -0.710. The molecule has 0 bridgehead atoms. The van der Waals surface area contributed by atoms with Crippen molar-refractivity contribution in [1.29, 1.82) is 0 Å². The van der Waals surface area contributed by atoms with Crippen molar-refractivity contribution in [2.24, 2.45) is 0 Å². The van der Waals surface area contributed by atoms with Gasteiger partial charge in [0.2, 0.25) is 0 Å². The number of carbonyl (C=O) groups is 2. The molecular weight excluding hydrogens is 517 g/mol. The Labute approximate surface area is 265 Å². The molecular formula is C26H33Na2O8P. The van der Waals surface area contributed by atoms with E-state index in [1.165, 1.54) is 38.5 Å². The Bertz CT molecular complexity index is 933. The number of phosphoric acid groups is 1. The van der Waals surface area contributed by atoms with Gasteiger partial charge >= 0.3 is 71.1 Å². The van der Waals surface area contributed by atoms with Gasteiger partial charge in [0, 0.05) is 12.3 Å². The van der Waals surface area contributed by atoms with Gasteiger partial charge in [0.25, 0.3) is 0 Å². The van der Waals surface area contributed by atoms with Crippen LogP contribution in [0.1, 0.15) is 84.5 Å². The molecule has 37 heavy (non-hydrogen) atoms. The first-order chi connectivity index (χ1) is 16.8. The van der Waals surface area contributed by atoms with Crippen molar-refractivity contribution in [3.05, 3.63) is 0 Å². The van der Waals surface area contributed by atoms with Crippen LogP contribution in [-0.4, -0.2) is 31.3 Å². The first-order valence-electron chi connectivity index (χ1n) is 11.7. The van der Waals surface area contributed by atoms with Crippen LogP contribution >= 0.6 is 7.82 Å². The predicted molar refractivity (Wildman–Crippen MR) is 128 cm³/mol. The number of hydrogen-bond acceptors (Lipinski definition) is 8. The number of ether oxygens (including phenoxy) is 2. The molecule has 0 aliphatic rings. The number of unbranched alkanes of at least 4 members (excludes halogenated alkanes) is 9. The zero-order valence-corrected chi connectivity index (χ0v) is 27.4. The summed E-state index contributed by atoms with van der Waals surface area (Å²) in [5, 5.41) is 0. The van der Waals surface area contributed by atoms with Gasteiger partial charge in [-0.15, -0.1) is 0 Å². The maximum atomic E-state index is 12.1. The minimum Gasteiger partial charge on any atom is -0.790 e. The zero-order chi connectivity index (χ0) is 26.2. The summed E-state index contributed by atoms with van der Waals surface area (Å²) in [4.78, 5) is 45.2. The van der Waals surface area contributed by atoms with Gasteiger partial charge in [-0.05, 0) is 48.9 Å². The molecule has 0 unspecified atom stereocenters. The second-order valence-electron chi connectivity index (χ2n) is 7.51. The van der Waals surface area contributed by atoms with Crippen molar-refractivity contribution in [1.82, 2.24) is 0 Å². The largest absolute Gasteiger partial charge is 1.00 e.